The SMILES string of the molecule is CCCCCCCCCCCCCCCCCCCCCCCC(=O)OC(CCCCCCCCCC)CCCCC(=O)O. The molecule has 0 aliphatic carbocycles. The molecule has 0 saturated heterocycles. The molecular formula is C40H78O4. The topological polar surface area (TPSA) is 63.6 Å². The molecule has 0 radical (unpaired) electrons. The summed E-state index contributed by atoms with van der Waals surface area (Å²) in [5.41, 5.74) is 0. The first-order valence-corrected chi connectivity index (χ1v) is 20.0. The summed E-state index contributed by atoms with van der Waals surface area (Å²) in [7, 11) is 0. The van der Waals surface area contributed by atoms with Gasteiger partial charge in [-0.2, -0.15) is 0 Å². The van der Waals surface area contributed by atoms with Crippen molar-refractivity contribution in [2.75, 3.05) is 0 Å². The van der Waals surface area contributed by atoms with Gasteiger partial charge in [0.15, 0.2) is 0 Å². The highest BCUT2D eigenvalue weighted by atomic mass is 16.5. The molecule has 44 heavy (non-hydrogen) atoms. The van der Waals surface area contributed by atoms with E-state index in [1.165, 1.54) is 167 Å². The zero-order valence-electron chi connectivity index (χ0n) is 30.0. The molecule has 4 heteroatoms. The van der Waals surface area contributed by atoms with E-state index in [0.717, 1.165) is 38.5 Å². The summed E-state index contributed by atoms with van der Waals surface area (Å²) < 4.78 is 5.87. The number of unbranched alkanes of at least 4 members (excludes halogenated alkanes) is 28. The van der Waals surface area contributed by atoms with Gasteiger partial charge in [0.2, 0.25) is 0 Å². The minimum absolute atomic E-state index is 0.0358. The van der Waals surface area contributed by atoms with Gasteiger partial charge in [0.25, 0.3) is 0 Å². The van der Waals surface area contributed by atoms with Crippen LogP contribution in [0.1, 0.15) is 239 Å². The smallest absolute Gasteiger partial charge is 0.306 e. The van der Waals surface area contributed by atoms with Crippen LogP contribution in [0.15, 0.2) is 0 Å². The predicted octanol–water partition coefficient (Wildman–Crippen LogP) is 13.7. The molecule has 0 aliphatic rings. The van der Waals surface area contributed by atoms with Crippen LogP contribution in [0, 0.1) is 0 Å². The Morgan fingerprint density at radius 2 is 0.682 bits per heavy atom. The summed E-state index contributed by atoms with van der Waals surface area (Å²) in [6.45, 7) is 4.54. The van der Waals surface area contributed by atoms with E-state index < -0.39 is 5.97 Å². The lowest BCUT2D eigenvalue weighted by atomic mass is 10.0. The second-order valence-corrected chi connectivity index (χ2v) is 13.8. The maximum absolute atomic E-state index is 12.5. The number of carbonyl (C=O) groups is 2. The number of carboxylic acids is 1. The summed E-state index contributed by atoms with van der Waals surface area (Å²) >= 11 is 0. The Bertz CT molecular complexity index is 590. The van der Waals surface area contributed by atoms with Gasteiger partial charge in [-0.3, -0.25) is 9.59 Å². The van der Waals surface area contributed by atoms with E-state index >= 15 is 0 Å². The van der Waals surface area contributed by atoms with Gasteiger partial charge in [0, 0.05) is 12.8 Å². The molecule has 0 fully saturated rings. The van der Waals surface area contributed by atoms with Gasteiger partial charge in [0.1, 0.15) is 6.10 Å². The van der Waals surface area contributed by atoms with E-state index in [1.807, 2.05) is 0 Å². The zero-order valence-corrected chi connectivity index (χ0v) is 30.0. The van der Waals surface area contributed by atoms with Gasteiger partial charge in [-0.05, 0) is 38.5 Å². The van der Waals surface area contributed by atoms with Crippen LogP contribution in [0.25, 0.3) is 0 Å². The van der Waals surface area contributed by atoms with Gasteiger partial charge in [0.05, 0.1) is 0 Å². The summed E-state index contributed by atoms with van der Waals surface area (Å²) in [6.07, 6.45) is 42.8. The van der Waals surface area contributed by atoms with Crippen molar-refractivity contribution in [2.24, 2.45) is 0 Å². The van der Waals surface area contributed by atoms with Crippen molar-refractivity contribution >= 4 is 11.9 Å². The molecule has 262 valence electrons. The van der Waals surface area contributed by atoms with Crippen molar-refractivity contribution < 1.29 is 19.4 Å². The number of hydrogen-bond donors (Lipinski definition) is 1. The number of esters is 1. The van der Waals surface area contributed by atoms with Crippen molar-refractivity contribution in [3.8, 4) is 0 Å². The van der Waals surface area contributed by atoms with Crippen molar-refractivity contribution in [3.05, 3.63) is 0 Å². The van der Waals surface area contributed by atoms with E-state index in [4.69, 9.17) is 9.84 Å². The largest absolute Gasteiger partial charge is 0.481 e. The van der Waals surface area contributed by atoms with Crippen molar-refractivity contribution in [2.45, 2.75) is 245 Å². The molecule has 0 spiro atoms. The van der Waals surface area contributed by atoms with Gasteiger partial charge >= 0.3 is 11.9 Å². The van der Waals surface area contributed by atoms with E-state index in [9.17, 15) is 9.59 Å². The van der Waals surface area contributed by atoms with E-state index in [1.54, 1.807) is 0 Å². The maximum Gasteiger partial charge on any atom is 0.306 e. The monoisotopic (exact) mass is 623 g/mol. The number of rotatable bonds is 37. The average molecular weight is 623 g/mol. The molecule has 0 bridgehead atoms. The molecule has 1 N–H and O–H groups in total. The lowest BCUT2D eigenvalue weighted by Crippen LogP contribution is -2.18. The summed E-state index contributed by atoms with van der Waals surface area (Å²) in [5.74, 6) is -0.790. The fraction of sp³-hybridized carbons (Fsp3) is 0.950. The van der Waals surface area contributed by atoms with Gasteiger partial charge < -0.3 is 9.84 Å². The average Bonchev–Trinajstić information content (AvgIpc) is 3.01. The zero-order chi connectivity index (χ0) is 32.2. The van der Waals surface area contributed by atoms with E-state index in [0.29, 0.717) is 12.8 Å². The first-order chi connectivity index (χ1) is 21.6. The molecule has 0 rings (SSSR count). The minimum Gasteiger partial charge on any atom is -0.481 e. The van der Waals surface area contributed by atoms with Crippen LogP contribution >= 0.6 is 0 Å². The first-order valence-electron chi connectivity index (χ1n) is 20.0. The molecule has 0 saturated carbocycles. The Morgan fingerprint density at radius 3 is 1.02 bits per heavy atom. The van der Waals surface area contributed by atoms with Crippen molar-refractivity contribution in [3.63, 3.8) is 0 Å². The Hall–Kier alpha value is -1.06. The number of carbonyl (C=O) groups excluding carboxylic acids is 1. The van der Waals surface area contributed by atoms with Crippen LogP contribution in [0.4, 0.5) is 0 Å². The molecule has 1 unspecified atom stereocenters. The molecule has 4 nitrogen and oxygen atoms in total. The van der Waals surface area contributed by atoms with Crippen molar-refractivity contribution in [1.82, 2.24) is 0 Å². The van der Waals surface area contributed by atoms with Gasteiger partial charge in [-0.15, -0.1) is 0 Å². The molecule has 1 atom stereocenters. The Labute approximate surface area is 275 Å². The van der Waals surface area contributed by atoms with Crippen LogP contribution < -0.4 is 0 Å². The van der Waals surface area contributed by atoms with Crippen LogP contribution in [0.5, 0.6) is 0 Å². The predicted molar refractivity (Wildman–Crippen MR) is 190 cm³/mol. The highest BCUT2D eigenvalue weighted by molar-refractivity contribution is 5.69. The Kier molecular flexibility index (Phi) is 35.5. The molecule has 0 amide bonds. The molecular weight excluding hydrogens is 544 g/mol. The second-order valence-electron chi connectivity index (χ2n) is 13.8. The third-order valence-corrected chi connectivity index (χ3v) is 9.33. The maximum atomic E-state index is 12.5. The number of hydrogen-bond acceptors (Lipinski definition) is 3. The van der Waals surface area contributed by atoms with Crippen LogP contribution in [-0.2, 0) is 14.3 Å². The Balaban J connectivity index is 3.66. The minimum atomic E-state index is -0.739. The van der Waals surface area contributed by atoms with E-state index in [-0.39, 0.29) is 18.5 Å². The van der Waals surface area contributed by atoms with Crippen LogP contribution in [0.3, 0.4) is 0 Å². The molecule has 0 aromatic rings. The fourth-order valence-corrected chi connectivity index (χ4v) is 6.36. The highest BCUT2D eigenvalue weighted by Crippen LogP contribution is 2.19. The molecule has 0 heterocycles. The number of carboxylic acid groups (broad SMARTS) is 1. The fourth-order valence-electron chi connectivity index (χ4n) is 6.36. The lowest BCUT2D eigenvalue weighted by Gasteiger charge is -2.18. The molecule has 0 aromatic heterocycles. The third-order valence-electron chi connectivity index (χ3n) is 9.33. The lowest BCUT2D eigenvalue weighted by molar-refractivity contribution is -0.150. The summed E-state index contributed by atoms with van der Waals surface area (Å²) in [6, 6.07) is 0. The van der Waals surface area contributed by atoms with Crippen molar-refractivity contribution in [1.29, 1.82) is 0 Å². The van der Waals surface area contributed by atoms with E-state index in [2.05, 4.69) is 13.8 Å². The number of ether oxygens (including phenoxy) is 1. The number of aliphatic carboxylic acids is 1. The van der Waals surface area contributed by atoms with Crippen LogP contribution in [-0.4, -0.2) is 23.1 Å². The first kappa shape index (κ1) is 42.9. The second kappa shape index (κ2) is 36.4. The summed E-state index contributed by atoms with van der Waals surface area (Å²) in [4.78, 5) is 23.3. The molecule has 0 aromatic carbocycles. The molecule has 0 aliphatic heterocycles. The Morgan fingerprint density at radius 1 is 0.409 bits per heavy atom. The van der Waals surface area contributed by atoms with Crippen LogP contribution in [0.2, 0.25) is 0 Å². The highest BCUT2D eigenvalue weighted by Gasteiger charge is 2.14. The van der Waals surface area contributed by atoms with Gasteiger partial charge in [-0.1, -0.05) is 187 Å². The quantitative estimate of drug-likeness (QED) is 0.0553. The standard InChI is InChI=1S/C40H78O4/c1-3-5-7-9-11-13-14-15-16-17-18-19-20-21-22-23-24-25-27-29-31-37-40(43)44-38(35-32-33-36-39(41)42)34-30-28-26-12-10-8-6-4-2/h38H,3-37H2,1-2H3,(H,41,42). The normalized spacial score (nSPS) is 12.0. The van der Waals surface area contributed by atoms with Gasteiger partial charge in [-0.25, -0.2) is 0 Å². The third kappa shape index (κ3) is 35.4. The summed E-state index contributed by atoms with van der Waals surface area (Å²) in [5, 5.41) is 8.91.